The Balaban J connectivity index is 0. The van der Waals surface area contributed by atoms with Crippen molar-refractivity contribution < 1.29 is 136 Å². The third kappa shape index (κ3) is 85.3. The Labute approximate surface area is 168 Å². The summed E-state index contributed by atoms with van der Waals surface area (Å²) in [6.07, 6.45) is 0. The minimum Gasteiger partial charge on any atom is -0.693 e. The van der Waals surface area contributed by atoms with Crippen LogP contribution >= 0.6 is 0 Å². The molecule has 0 bridgehead atoms. The fraction of sp³-hybridized carbons (Fsp3) is 0. The molecule has 10 heavy (non-hydrogen) atoms. The summed E-state index contributed by atoms with van der Waals surface area (Å²) in [5.74, 6) is 0. The van der Waals surface area contributed by atoms with Gasteiger partial charge in [-0.3, -0.25) is 0 Å². The van der Waals surface area contributed by atoms with Gasteiger partial charge >= 0.3 is 136 Å². The van der Waals surface area contributed by atoms with Gasteiger partial charge in [0.15, 0.2) is 0 Å². The molecule has 0 aliphatic heterocycles. The number of nitrogens with two attached hydrogens (primary N) is 6. The van der Waals surface area contributed by atoms with Gasteiger partial charge in [0, 0.05) is 0 Å². The predicted molar refractivity (Wildman–Crippen MR) is 31.7 cm³/mol. The molecule has 0 fully saturated rings. The van der Waals surface area contributed by atoms with Gasteiger partial charge < -0.3 is 36.9 Å². The third-order valence-corrected chi connectivity index (χ3v) is 0. The quantitative estimate of drug-likeness (QED) is 0.382. The normalized spacial score (nSPS) is 0. The molecular formula is H12N6Na3Yb. The fourth-order valence-corrected chi connectivity index (χ4v) is 0. The van der Waals surface area contributed by atoms with Crippen LogP contribution in [0.4, 0.5) is 0 Å². The maximum atomic E-state index is 0. The van der Waals surface area contributed by atoms with Crippen LogP contribution in [0, 0.1) is 46.9 Å². The smallest absolute Gasteiger partial charge is 0.693 e. The van der Waals surface area contributed by atoms with Crippen LogP contribution in [-0.4, -0.2) is 0 Å². The van der Waals surface area contributed by atoms with Crippen molar-refractivity contribution in [2.45, 2.75) is 0 Å². The van der Waals surface area contributed by atoms with Crippen molar-refractivity contribution in [3.05, 3.63) is 36.9 Å². The van der Waals surface area contributed by atoms with Gasteiger partial charge in [0.25, 0.3) is 0 Å². The van der Waals surface area contributed by atoms with Gasteiger partial charge in [0.05, 0.1) is 0 Å². The number of rotatable bonds is 0. The summed E-state index contributed by atoms with van der Waals surface area (Å²) in [6.45, 7) is 0. The van der Waals surface area contributed by atoms with Crippen molar-refractivity contribution in [3.8, 4) is 0 Å². The van der Waals surface area contributed by atoms with E-state index >= 15 is 0 Å². The molecule has 0 spiro atoms. The second kappa shape index (κ2) is 109. The van der Waals surface area contributed by atoms with Crippen LogP contribution in [0.5, 0.6) is 0 Å². The molecule has 59 valence electrons. The van der Waals surface area contributed by atoms with Crippen LogP contribution in [-0.2, 0) is 0 Å². The van der Waals surface area contributed by atoms with Gasteiger partial charge in [-0.25, -0.2) is 0 Å². The first-order valence-corrected chi connectivity index (χ1v) is 0. The fourth-order valence-electron chi connectivity index (χ4n) is 0. The molecule has 10 heteroatoms. The number of hydrogen-bond donors (Lipinski definition) is 0. The summed E-state index contributed by atoms with van der Waals surface area (Å²) < 4.78 is 0. The SMILES string of the molecule is [NH2-].[NH2-].[NH2-].[NH2-].[NH2-].[NH2-].[Na+].[Na+].[Na+].[Yb+3]. The van der Waals surface area contributed by atoms with Crippen molar-refractivity contribution in [2.24, 2.45) is 0 Å². The van der Waals surface area contributed by atoms with Crippen LogP contribution in [0.25, 0.3) is 36.9 Å². The topological polar surface area (TPSA) is 201 Å². The Bertz CT molecular complexity index is 13.0. The monoisotopic (exact) mass is 339 g/mol. The van der Waals surface area contributed by atoms with E-state index in [1.165, 1.54) is 0 Å². The van der Waals surface area contributed by atoms with Crippen molar-refractivity contribution in [2.75, 3.05) is 0 Å². The van der Waals surface area contributed by atoms with Crippen LogP contribution in [0.2, 0.25) is 0 Å². The zero-order valence-electron chi connectivity index (χ0n) is 6.73. The maximum absolute atomic E-state index is 0. The Kier molecular flexibility index (Phi) is 1500. The molecule has 0 saturated carbocycles. The largest absolute Gasteiger partial charge is 3.00 e. The van der Waals surface area contributed by atoms with Gasteiger partial charge in [0.1, 0.15) is 0 Å². The minimum absolute atomic E-state index is 0. The molecule has 12 N–H and O–H groups in total. The summed E-state index contributed by atoms with van der Waals surface area (Å²) in [6, 6.07) is 0. The molecule has 1 radical (unpaired) electrons. The van der Waals surface area contributed by atoms with Gasteiger partial charge in [0.2, 0.25) is 0 Å². The first-order valence-electron chi connectivity index (χ1n) is 0. The average molecular weight is 338 g/mol. The molecule has 0 unspecified atom stereocenters. The minimum atomic E-state index is 0. The zero-order chi connectivity index (χ0) is 0. The van der Waals surface area contributed by atoms with Gasteiger partial charge in [-0.05, 0) is 0 Å². The van der Waals surface area contributed by atoms with E-state index in [0.717, 1.165) is 0 Å². The van der Waals surface area contributed by atoms with Gasteiger partial charge in [-0.2, -0.15) is 0 Å². The molecule has 0 aromatic carbocycles. The van der Waals surface area contributed by atoms with E-state index in [2.05, 4.69) is 0 Å². The Hall–Kier alpha value is 4.28. The molecule has 0 saturated heterocycles. The van der Waals surface area contributed by atoms with E-state index in [9.17, 15) is 0 Å². The zero-order valence-corrected chi connectivity index (χ0v) is 14.4. The van der Waals surface area contributed by atoms with Gasteiger partial charge in [-0.1, -0.05) is 0 Å². The van der Waals surface area contributed by atoms with E-state index < -0.39 is 0 Å². The maximum Gasteiger partial charge on any atom is 3.00 e. The molecule has 6 nitrogen and oxygen atoms in total. The summed E-state index contributed by atoms with van der Waals surface area (Å²) in [4.78, 5) is 0. The van der Waals surface area contributed by atoms with Crippen LogP contribution in [0.15, 0.2) is 0 Å². The van der Waals surface area contributed by atoms with Crippen LogP contribution in [0.3, 0.4) is 0 Å². The summed E-state index contributed by atoms with van der Waals surface area (Å²) in [5, 5.41) is 0. The van der Waals surface area contributed by atoms with E-state index in [0.29, 0.717) is 0 Å². The van der Waals surface area contributed by atoms with Crippen molar-refractivity contribution in [1.29, 1.82) is 0 Å². The molecule has 0 amide bonds. The second-order valence-electron chi connectivity index (χ2n) is 0. The summed E-state index contributed by atoms with van der Waals surface area (Å²) >= 11 is 0. The van der Waals surface area contributed by atoms with Crippen LogP contribution < -0.4 is 88.7 Å². The van der Waals surface area contributed by atoms with Crippen molar-refractivity contribution >= 4 is 0 Å². The summed E-state index contributed by atoms with van der Waals surface area (Å²) in [5.41, 5.74) is 0. The molecule has 0 aliphatic carbocycles. The molecule has 0 atom stereocenters. The molecule has 0 rings (SSSR count). The Morgan fingerprint density at radius 1 is 0.300 bits per heavy atom. The third-order valence-electron chi connectivity index (χ3n) is 0. The van der Waals surface area contributed by atoms with Gasteiger partial charge in [-0.15, -0.1) is 0 Å². The predicted octanol–water partition coefficient (Wildman–Crippen LogP) is -4.69. The first kappa shape index (κ1) is 137. The molecule has 0 heterocycles. The van der Waals surface area contributed by atoms with Crippen molar-refractivity contribution in [1.82, 2.24) is 0 Å². The van der Waals surface area contributed by atoms with Crippen molar-refractivity contribution in [3.63, 3.8) is 0 Å². The van der Waals surface area contributed by atoms with E-state index in [1.807, 2.05) is 0 Å². The molecule has 0 aromatic rings. The Morgan fingerprint density at radius 2 is 0.300 bits per heavy atom. The average Bonchev–Trinajstić information content (AvgIpc) is 0. The summed E-state index contributed by atoms with van der Waals surface area (Å²) in [7, 11) is 0. The molecule has 0 aliphatic rings. The molecular weight excluding hydrogens is 326 g/mol. The second-order valence-corrected chi connectivity index (χ2v) is 0. The van der Waals surface area contributed by atoms with E-state index in [4.69, 9.17) is 0 Å². The standard InChI is InChI=1S/6H2N.3Na.Yb/h6*1H2;;;;/q6*-1;3*+1;+3. The Morgan fingerprint density at radius 3 is 0.300 bits per heavy atom. The van der Waals surface area contributed by atoms with Crippen LogP contribution in [0.1, 0.15) is 0 Å². The van der Waals surface area contributed by atoms with E-state index in [1.54, 1.807) is 0 Å². The number of hydrogen-bond acceptors (Lipinski definition) is 0. The van der Waals surface area contributed by atoms with E-state index in [-0.39, 0.29) is 172 Å². The first-order chi connectivity index (χ1) is 0. The molecule has 0 aromatic heterocycles.